The standard InChI is InChI=1S/C15H14O3S/c16-15(17)14-9-8-13(18-14)12-6-4-11(5-7-12)3-1-2-10-19/h1,3-9,19H,2,10H2,(H,16,17). The number of carboxylic acid groups (broad SMARTS) is 1. The summed E-state index contributed by atoms with van der Waals surface area (Å²) < 4.78 is 5.24. The van der Waals surface area contributed by atoms with Gasteiger partial charge in [0.05, 0.1) is 0 Å². The number of hydrogen-bond acceptors (Lipinski definition) is 3. The van der Waals surface area contributed by atoms with Gasteiger partial charge in [0.1, 0.15) is 5.76 Å². The molecule has 4 heteroatoms. The Morgan fingerprint density at radius 1 is 1.21 bits per heavy atom. The van der Waals surface area contributed by atoms with Crippen LogP contribution < -0.4 is 0 Å². The van der Waals surface area contributed by atoms with E-state index in [-0.39, 0.29) is 5.76 Å². The minimum atomic E-state index is -1.06. The molecule has 0 fully saturated rings. The van der Waals surface area contributed by atoms with Crippen molar-refractivity contribution in [2.24, 2.45) is 0 Å². The van der Waals surface area contributed by atoms with Gasteiger partial charge in [-0.2, -0.15) is 12.6 Å². The van der Waals surface area contributed by atoms with Gasteiger partial charge in [0.25, 0.3) is 0 Å². The first-order valence-electron chi connectivity index (χ1n) is 5.91. The van der Waals surface area contributed by atoms with Gasteiger partial charge in [-0.1, -0.05) is 36.4 Å². The number of aromatic carboxylic acids is 1. The summed E-state index contributed by atoms with van der Waals surface area (Å²) in [5.74, 6) is 0.285. The molecule has 0 saturated heterocycles. The number of allylic oxidation sites excluding steroid dienone is 1. The molecule has 0 amide bonds. The van der Waals surface area contributed by atoms with E-state index in [2.05, 4.69) is 18.7 Å². The summed E-state index contributed by atoms with van der Waals surface area (Å²) in [6, 6.07) is 10.9. The van der Waals surface area contributed by atoms with E-state index < -0.39 is 5.97 Å². The largest absolute Gasteiger partial charge is 0.475 e. The molecule has 19 heavy (non-hydrogen) atoms. The van der Waals surface area contributed by atoms with Crippen molar-refractivity contribution in [3.05, 3.63) is 53.8 Å². The summed E-state index contributed by atoms with van der Waals surface area (Å²) >= 11 is 4.14. The van der Waals surface area contributed by atoms with Gasteiger partial charge in [-0.25, -0.2) is 4.79 Å². The first-order chi connectivity index (χ1) is 9.20. The molecule has 0 aliphatic carbocycles. The van der Waals surface area contributed by atoms with Gasteiger partial charge in [0, 0.05) is 5.56 Å². The maximum Gasteiger partial charge on any atom is 0.371 e. The highest BCUT2D eigenvalue weighted by Crippen LogP contribution is 2.23. The van der Waals surface area contributed by atoms with E-state index in [0.717, 1.165) is 23.3 Å². The molecular formula is C15H14O3S. The molecule has 0 saturated carbocycles. The van der Waals surface area contributed by atoms with Crippen LogP contribution in [-0.2, 0) is 0 Å². The fourth-order valence-electron chi connectivity index (χ4n) is 1.66. The van der Waals surface area contributed by atoms with Crippen molar-refractivity contribution < 1.29 is 14.3 Å². The Kier molecular flexibility index (Phi) is 4.47. The third-order valence-electron chi connectivity index (χ3n) is 2.62. The molecule has 3 nitrogen and oxygen atoms in total. The molecule has 0 aliphatic rings. The van der Waals surface area contributed by atoms with Crippen LogP contribution >= 0.6 is 12.6 Å². The fourth-order valence-corrected chi connectivity index (χ4v) is 1.81. The lowest BCUT2D eigenvalue weighted by Gasteiger charge is -1.98. The molecule has 0 bridgehead atoms. The molecule has 1 aromatic heterocycles. The zero-order valence-electron chi connectivity index (χ0n) is 10.2. The Morgan fingerprint density at radius 3 is 2.53 bits per heavy atom. The third kappa shape index (κ3) is 3.51. The lowest BCUT2D eigenvalue weighted by Crippen LogP contribution is -1.91. The van der Waals surface area contributed by atoms with Gasteiger partial charge in [-0.3, -0.25) is 0 Å². The van der Waals surface area contributed by atoms with E-state index >= 15 is 0 Å². The monoisotopic (exact) mass is 274 g/mol. The number of hydrogen-bond donors (Lipinski definition) is 2. The zero-order valence-corrected chi connectivity index (χ0v) is 11.1. The van der Waals surface area contributed by atoms with Crippen molar-refractivity contribution in [2.45, 2.75) is 6.42 Å². The van der Waals surface area contributed by atoms with Gasteiger partial charge in [-0.05, 0) is 29.9 Å². The summed E-state index contributed by atoms with van der Waals surface area (Å²) in [5.41, 5.74) is 1.95. The summed E-state index contributed by atoms with van der Waals surface area (Å²) in [4.78, 5) is 10.7. The topological polar surface area (TPSA) is 50.4 Å². The molecule has 0 aliphatic heterocycles. The Bertz CT molecular complexity index is 582. The number of benzene rings is 1. The van der Waals surface area contributed by atoms with E-state index in [1.54, 1.807) is 6.07 Å². The zero-order chi connectivity index (χ0) is 13.7. The Balaban J connectivity index is 2.15. The highest BCUT2D eigenvalue weighted by atomic mass is 32.1. The van der Waals surface area contributed by atoms with E-state index in [9.17, 15) is 4.79 Å². The molecule has 0 radical (unpaired) electrons. The van der Waals surface area contributed by atoms with Crippen LogP contribution in [0, 0.1) is 0 Å². The van der Waals surface area contributed by atoms with E-state index in [4.69, 9.17) is 9.52 Å². The van der Waals surface area contributed by atoms with Gasteiger partial charge < -0.3 is 9.52 Å². The number of carboxylic acids is 1. The average Bonchev–Trinajstić information content (AvgIpc) is 2.90. The quantitative estimate of drug-likeness (QED) is 0.811. The van der Waals surface area contributed by atoms with Gasteiger partial charge in [0.2, 0.25) is 5.76 Å². The lowest BCUT2D eigenvalue weighted by molar-refractivity contribution is 0.0663. The Labute approximate surface area is 117 Å². The number of rotatable bonds is 5. The van der Waals surface area contributed by atoms with Gasteiger partial charge in [-0.15, -0.1) is 0 Å². The molecule has 2 rings (SSSR count). The number of carbonyl (C=O) groups is 1. The summed E-state index contributed by atoms with van der Waals surface area (Å²) in [5, 5.41) is 8.80. The van der Waals surface area contributed by atoms with Crippen molar-refractivity contribution >= 4 is 24.7 Å². The maximum absolute atomic E-state index is 10.7. The Hall–Kier alpha value is -1.94. The number of thiol groups is 1. The predicted molar refractivity (Wildman–Crippen MR) is 78.6 cm³/mol. The van der Waals surface area contributed by atoms with Gasteiger partial charge >= 0.3 is 5.97 Å². The molecule has 1 heterocycles. The second kappa shape index (κ2) is 6.29. The molecule has 0 spiro atoms. The minimum absolute atomic E-state index is 0.0484. The van der Waals surface area contributed by atoms with Crippen LogP contribution in [0.25, 0.3) is 17.4 Å². The summed E-state index contributed by atoms with van der Waals surface area (Å²) in [7, 11) is 0. The van der Waals surface area contributed by atoms with Crippen LogP contribution in [-0.4, -0.2) is 16.8 Å². The van der Waals surface area contributed by atoms with Crippen LogP contribution in [0.15, 0.2) is 46.9 Å². The first kappa shape index (κ1) is 13.5. The molecule has 1 N–H and O–H groups in total. The second-order valence-electron chi connectivity index (χ2n) is 4.01. The van der Waals surface area contributed by atoms with Crippen LogP contribution in [0.1, 0.15) is 22.5 Å². The lowest BCUT2D eigenvalue weighted by atomic mass is 10.1. The van der Waals surface area contributed by atoms with E-state index in [1.807, 2.05) is 30.3 Å². The minimum Gasteiger partial charge on any atom is -0.475 e. The normalized spacial score (nSPS) is 11.0. The second-order valence-corrected chi connectivity index (χ2v) is 4.45. The van der Waals surface area contributed by atoms with Crippen LogP contribution in [0.3, 0.4) is 0 Å². The smallest absolute Gasteiger partial charge is 0.371 e. The Morgan fingerprint density at radius 2 is 1.95 bits per heavy atom. The summed E-state index contributed by atoms with van der Waals surface area (Å²) in [6.45, 7) is 0. The van der Waals surface area contributed by atoms with Gasteiger partial charge in [0.15, 0.2) is 0 Å². The SMILES string of the molecule is O=C(O)c1ccc(-c2ccc(C=CCCS)cc2)o1. The van der Waals surface area contributed by atoms with Crippen LogP contribution in [0.2, 0.25) is 0 Å². The van der Waals surface area contributed by atoms with Crippen molar-refractivity contribution in [2.75, 3.05) is 5.75 Å². The molecular weight excluding hydrogens is 260 g/mol. The highest BCUT2D eigenvalue weighted by molar-refractivity contribution is 7.80. The molecule has 98 valence electrons. The van der Waals surface area contributed by atoms with Crippen molar-refractivity contribution in [3.8, 4) is 11.3 Å². The molecule has 0 atom stereocenters. The van der Waals surface area contributed by atoms with Crippen molar-refractivity contribution in [1.29, 1.82) is 0 Å². The van der Waals surface area contributed by atoms with Crippen molar-refractivity contribution in [1.82, 2.24) is 0 Å². The van der Waals surface area contributed by atoms with Crippen LogP contribution in [0.5, 0.6) is 0 Å². The maximum atomic E-state index is 10.7. The predicted octanol–water partition coefficient (Wildman–Crippen LogP) is 3.98. The summed E-state index contributed by atoms with van der Waals surface area (Å²) in [6.07, 6.45) is 5.03. The highest BCUT2D eigenvalue weighted by Gasteiger charge is 2.09. The number of furan rings is 1. The molecule has 1 aromatic carbocycles. The average molecular weight is 274 g/mol. The van der Waals surface area contributed by atoms with Crippen LogP contribution in [0.4, 0.5) is 0 Å². The fraction of sp³-hybridized carbons (Fsp3) is 0.133. The molecule has 2 aromatic rings. The molecule has 0 unspecified atom stereocenters. The third-order valence-corrected chi connectivity index (χ3v) is 2.88. The van der Waals surface area contributed by atoms with E-state index in [1.165, 1.54) is 6.07 Å². The first-order valence-corrected chi connectivity index (χ1v) is 6.55. The van der Waals surface area contributed by atoms with Crippen molar-refractivity contribution in [3.63, 3.8) is 0 Å². The van der Waals surface area contributed by atoms with E-state index in [0.29, 0.717) is 5.76 Å².